The molecule has 0 spiro atoms. The number of sulfonamides is 1. The van der Waals surface area contributed by atoms with Gasteiger partial charge in [0.2, 0.25) is 15.9 Å². The van der Waals surface area contributed by atoms with E-state index < -0.39 is 50.3 Å². The summed E-state index contributed by atoms with van der Waals surface area (Å²) in [5.41, 5.74) is -0.881. The van der Waals surface area contributed by atoms with Gasteiger partial charge in [-0.2, -0.15) is 17.9 Å². The number of alkyl halides is 3. The first-order valence-electron chi connectivity index (χ1n) is 9.23. The Bertz CT molecular complexity index is 996. The molecular formula is C19H22F4N4O3S. The molecule has 0 aliphatic heterocycles. The van der Waals surface area contributed by atoms with Crippen molar-refractivity contribution in [3.8, 4) is 0 Å². The summed E-state index contributed by atoms with van der Waals surface area (Å²) in [4.78, 5) is 15.5. The predicted molar refractivity (Wildman–Crippen MR) is 106 cm³/mol. The van der Waals surface area contributed by atoms with Crippen LogP contribution in [0, 0.1) is 11.7 Å². The maximum absolute atomic E-state index is 13.8. The molecule has 1 aromatic heterocycles. The van der Waals surface area contributed by atoms with Crippen LogP contribution in [0.2, 0.25) is 0 Å². The van der Waals surface area contributed by atoms with Crippen LogP contribution in [0.15, 0.2) is 47.5 Å². The van der Waals surface area contributed by atoms with Crippen LogP contribution in [-0.4, -0.2) is 38.4 Å². The quantitative estimate of drug-likeness (QED) is 0.393. The van der Waals surface area contributed by atoms with Gasteiger partial charge in [-0.3, -0.25) is 4.79 Å². The topological polar surface area (TPSA) is 100 Å². The van der Waals surface area contributed by atoms with E-state index in [1.165, 1.54) is 12.1 Å². The molecule has 1 atom stereocenters. The van der Waals surface area contributed by atoms with E-state index in [2.05, 4.69) is 20.3 Å². The zero-order valence-electron chi connectivity index (χ0n) is 16.7. The number of amides is 1. The lowest BCUT2D eigenvalue weighted by atomic mass is 10.1. The summed E-state index contributed by atoms with van der Waals surface area (Å²) >= 11 is 0. The molecule has 0 aliphatic rings. The Hall–Kier alpha value is -2.73. The highest BCUT2D eigenvalue weighted by Gasteiger charge is 2.31. The second kappa shape index (κ2) is 10.1. The molecule has 1 amide bonds. The maximum atomic E-state index is 13.8. The average molecular weight is 462 g/mol. The fourth-order valence-electron chi connectivity index (χ4n) is 2.54. The minimum absolute atomic E-state index is 0.0478. The number of nitrogens with one attached hydrogen (secondary N) is 3. The third-order valence-corrected chi connectivity index (χ3v) is 5.65. The Morgan fingerprint density at radius 3 is 2.32 bits per heavy atom. The molecule has 1 heterocycles. The van der Waals surface area contributed by atoms with Crippen LogP contribution >= 0.6 is 0 Å². The van der Waals surface area contributed by atoms with Gasteiger partial charge in [0.05, 0.1) is 5.56 Å². The van der Waals surface area contributed by atoms with Gasteiger partial charge in [-0.1, -0.05) is 26.0 Å². The summed E-state index contributed by atoms with van der Waals surface area (Å²) < 4.78 is 78.5. The van der Waals surface area contributed by atoms with E-state index in [1.54, 1.807) is 13.8 Å². The molecule has 0 saturated heterocycles. The monoisotopic (exact) mass is 462 g/mol. The third-order valence-electron chi connectivity index (χ3n) is 4.18. The summed E-state index contributed by atoms with van der Waals surface area (Å²) in [5.74, 6) is -1.82. The SMILES string of the molecule is CC(C)[C@H](NS(=O)(=O)c1ccccc1F)C(=O)NCCNc1ccc(C(F)(F)F)cn1. The number of hydrogen-bond donors (Lipinski definition) is 3. The highest BCUT2D eigenvalue weighted by Crippen LogP contribution is 2.28. The van der Waals surface area contributed by atoms with Crippen molar-refractivity contribution in [3.05, 3.63) is 54.0 Å². The number of anilines is 1. The standard InChI is InChI=1S/C19H22F4N4O3S/c1-12(2)17(27-31(29,30)15-6-4-3-5-14(15)20)18(28)25-10-9-24-16-8-7-13(11-26-16)19(21,22)23/h3-8,11-12,17,27H,9-10H2,1-2H3,(H,24,26)(H,25,28)/t17-/m0/s1. The van der Waals surface area contributed by atoms with Gasteiger partial charge in [0.25, 0.3) is 0 Å². The van der Waals surface area contributed by atoms with Gasteiger partial charge >= 0.3 is 6.18 Å². The van der Waals surface area contributed by atoms with Crippen molar-refractivity contribution in [3.63, 3.8) is 0 Å². The fourth-order valence-corrected chi connectivity index (χ4v) is 3.96. The normalized spacial score (nSPS) is 13.1. The van der Waals surface area contributed by atoms with Crippen LogP contribution in [0.4, 0.5) is 23.4 Å². The molecule has 1 aromatic carbocycles. The van der Waals surface area contributed by atoms with Gasteiger partial charge in [0, 0.05) is 19.3 Å². The number of nitrogens with zero attached hydrogens (tertiary/aromatic N) is 1. The van der Waals surface area contributed by atoms with Crippen molar-refractivity contribution in [2.75, 3.05) is 18.4 Å². The molecule has 3 N–H and O–H groups in total. The van der Waals surface area contributed by atoms with E-state index in [9.17, 15) is 30.8 Å². The Morgan fingerprint density at radius 1 is 1.10 bits per heavy atom. The number of hydrogen-bond acceptors (Lipinski definition) is 5. The highest BCUT2D eigenvalue weighted by molar-refractivity contribution is 7.89. The Kier molecular flexibility index (Phi) is 7.96. The van der Waals surface area contributed by atoms with Crippen LogP contribution in [0.1, 0.15) is 19.4 Å². The summed E-state index contributed by atoms with van der Waals surface area (Å²) in [6, 6.07) is 5.68. The van der Waals surface area contributed by atoms with Gasteiger partial charge in [-0.05, 0) is 30.2 Å². The van der Waals surface area contributed by atoms with Gasteiger partial charge in [-0.25, -0.2) is 17.8 Å². The summed E-state index contributed by atoms with van der Waals surface area (Å²) in [6.07, 6.45) is -3.80. The number of carbonyl (C=O) groups is 1. The molecule has 12 heteroatoms. The van der Waals surface area contributed by atoms with Crippen LogP contribution in [0.3, 0.4) is 0 Å². The number of rotatable bonds is 9. The second-order valence-corrected chi connectivity index (χ2v) is 8.60. The Morgan fingerprint density at radius 2 is 1.77 bits per heavy atom. The van der Waals surface area contributed by atoms with Gasteiger partial charge < -0.3 is 10.6 Å². The van der Waals surface area contributed by atoms with Crippen molar-refractivity contribution in [1.29, 1.82) is 0 Å². The average Bonchev–Trinajstić information content (AvgIpc) is 2.69. The van der Waals surface area contributed by atoms with Crippen LogP contribution in [0.5, 0.6) is 0 Å². The van der Waals surface area contributed by atoms with E-state index >= 15 is 0 Å². The van der Waals surface area contributed by atoms with Crippen LogP contribution < -0.4 is 15.4 Å². The molecule has 0 bridgehead atoms. The van der Waals surface area contributed by atoms with Crippen LogP contribution in [0.25, 0.3) is 0 Å². The number of aromatic nitrogens is 1. The van der Waals surface area contributed by atoms with Crippen molar-refractivity contribution in [1.82, 2.24) is 15.0 Å². The Labute approximate surface area is 177 Å². The van der Waals surface area contributed by atoms with E-state index in [0.29, 0.717) is 6.20 Å². The number of carbonyl (C=O) groups excluding carboxylic acids is 1. The molecule has 2 rings (SSSR count). The van der Waals surface area contributed by atoms with Crippen molar-refractivity contribution >= 4 is 21.7 Å². The molecular weight excluding hydrogens is 440 g/mol. The molecule has 0 saturated carbocycles. The molecule has 2 aromatic rings. The fraction of sp³-hybridized carbons (Fsp3) is 0.368. The summed E-state index contributed by atoms with van der Waals surface area (Å²) in [6.45, 7) is 3.43. The molecule has 0 aliphatic carbocycles. The predicted octanol–water partition coefficient (Wildman–Crippen LogP) is 2.77. The van der Waals surface area contributed by atoms with Gasteiger partial charge in [0.15, 0.2) is 0 Å². The van der Waals surface area contributed by atoms with E-state index in [4.69, 9.17) is 0 Å². The van der Waals surface area contributed by atoms with E-state index in [-0.39, 0.29) is 18.9 Å². The molecule has 0 unspecified atom stereocenters. The summed E-state index contributed by atoms with van der Waals surface area (Å²) in [7, 11) is -4.27. The second-order valence-electron chi connectivity index (χ2n) is 6.92. The summed E-state index contributed by atoms with van der Waals surface area (Å²) in [5, 5.41) is 5.28. The lowest BCUT2D eigenvalue weighted by Crippen LogP contribution is -2.50. The van der Waals surface area contributed by atoms with Crippen LogP contribution in [-0.2, 0) is 21.0 Å². The molecule has 0 fully saturated rings. The molecule has 7 nitrogen and oxygen atoms in total. The highest BCUT2D eigenvalue weighted by atomic mass is 32.2. The number of pyridine rings is 1. The first kappa shape index (κ1) is 24.5. The minimum Gasteiger partial charge on any atom is -0.368 e. The first-order valence-corrected chi connectivity index (χ1v) is 10.7. The lowest BCUT2D eigenvalue weighted by molar-refractivity contribution is -0.137. The first-order chi connectivity index (χ1) is 14.4. The van der Waals surface area contributed by atoms with Crippen molar-refractivity contribution in [2.45, 2.75) is 31.0 Å². The van der Waals surface area contributed by atoms with Gasteiger partial charge in [0.1, 0.15) is 22.6 Å². The minimum atomic E-state index is -4.48. The largest absolute Gasteiger partial charge is 0.417 e. The van der Waals surface area contributed by atoms with Gasteiger partial charge in [-0.15, -0.1) is 0 Å². The number of halogens is 4. The van der Waals surface area contributed by atoms with Crippen molar-refractivity contribution in [2.24, 2.45) is 5.92 Å². The lowest BCUT2D eigenvalue weighted by Gasteiger charge is -2.22. The zero-order valence-corrected chi connectivity index (χ0v) is 17.5. The molecule has 170 valence electrons. The Balaban J connectivity index is 1.92. The molecule has 0 radical (unpaired) electrons. The van der Waals surface area contributed by atoms with Crippen molar-refractivity contribution < 1.29 is 30.8 Å². The zero-order chi connectivity index (χ0) is 23.2. The third kappa shape index (κ3) is 6.89. The maximum Gasteiger partial charge on any atom is 0.417 e. The number of benzene rings is 1. The molecule has 31 heavy (non-hydrogen) atoms. The van der Waals surface area contributed by atoms with E-state index in [1.807, 2.05) is 0 Å². The smallest absolute Gasteiger partial charge is 0.368 e. The van der Waals surface area contributed by atoms with E-state index in [0.717, 1.165) is 24.3 Å².